The van der Waals surface area contributed by atoms with Gasteiger partial charge in [0.25, 0.3) is 0 Å². The van der Waals surface area contributed by atoms with Crippen molar-refractivity contribution in [3.05, 3.63) is 45.1 Å². The Morgan fingerprint density at radius 3 is 2.73 bits per heavy atom. The first-order valence-electron chi connectivity index (χ1n) is 9.00. The zero-order chi connectivity index (χ0) is 18.3. The van der Waals surface area contributed by atoms with Crippen molar-refractivity contribution in [2.24, 2.45) is 0 Å². The van der Waals surface area contributed by atoms with Gasteiger partial charge in [0.2, 0.25) is 5.91 Å². The van der Waals surface area contributed by atoms with E-state index >= 15 is 0 Å². The number of fused-ring (bicyclic) bond motifs is 1. The van der Waals surface area contributed by atoms with E-state index in [1.165, 1.54) is 19.3 Å². The second-order valence-corrected chi connectivity index (χ2v) is 8.93. The number of nitrogens with zero attached hydrogens (tertiary/aromatic N) is 2. The Bertz CT molecular complexity index is 846. The van der Waals surface area contributed by atoms with Crippen LogP contribution in [0.2, 0.25) is 10.0 Å². The third-order valence-corrected chi connectivity index (χ3v) is 7.01. The highest BCUT2D eigenvalue weighted by Crippen LogP contribution is 2.47. The van der Waals surface area contributed by atoms with E-state index in [9.17, 15) is 4.79 Å². The molecule has 1 fully saturated rings. The minimum Gasteiger partial charge on any atom is -0.310 e. The average Bonchev–Trinajstić information content (AvgIpc) is 2.83. The molecule has 0 saturated heterocycles. The van der Waals surface area contributed by atoms with Gasteiger partial charge in [-0.25, -0.2) is 4.68 Å². The predicted octanol–water partition coefficient (Wildman–Crippen LogP) is 5.78. The summed E-state index contributed by atoms with van der Waals surface area (Å²) in [5, 5.41) is 9.15. The third-order valence-electron chi connectivity index (χ3n) is 5.20. The molecular formula is C19H21Cl2N3OS. The Morgan fingerprint density at radius 2 is 2.00 bits per heavy atom. The SMILES string of the molecule is Cc1nn(C2CCCCC2)c2c1C(c1ccc(Cl)cc1Cl)SCC(=O)N2. The summed E-state index contributed by atoms with van der Waals surface area (Å²) in [5.41, 5.74) is 3.00. The molecule has 1 aromatic carbocycles. The lowest BCUT2D eigenvalue weighted by molar-refractivity contribution is -0.113. The van der Waals surface area contributed by atoms with E-state index in [1.54, 1.807) is 17.8 Å². The molecule has 1 N–H and O–H groups in total. The van der Waals surface area contributed by atoms with E-state index in [0.29, 0.717) is 21.8 Å². The first-order chi connectivity index (χ1) is 12.5. The van der Waals surface area contributed by atoms with Crippen LogP contribution in [-0.2, 0) is 4.79 Å². The summed E-state index contributed by atoms with van der Waals surface area (Å²) < 4.78 is 2.06. The molecule has 138 valence electrons. The maximum Gasteiger partial charge on any atom is 0.235 e. The topological polar surface area (TPSA) is 46.9 Å². The lowest BCUT2D eigenvalue weighted by Crippen LogP contribution is -2.20. The monoisotopic (exact) mass is 409 g/mol. The molecule has 4 nitrogen and oxygen atoms in total. The number of carbonyl (C=O) groups is 1. The summed E-state index contributed by atoms with van der Waals surface area (Å²) in [6.45, 7) is 2.02. The van der Waals surface area contributed by atoms with Crippen LogP contribution in [0.25, 0.3) is 0 Å². The highest BCUT2D eigenvalue weighted by atomic mass is 35.5. The second kappa shape index (κ2) is 7.45. The van der Waals surface area contributed by atoms with E-state index in [2.05, 4.69) is 10.00 Å². The standard InChI is InChI=1S/C19H21Cl2N3OS/c1-11-17-18(14-8-7-12(20)9-15(14)21)26-10-16(25)22-19(17)24(23-11)13-5-3-2-4-6-13/h7-9,13,18H,2-6,10H2,1H3,(H,22,25). The summed E-state index contributed by atoms with van der Waals surface area (Å²) in [6, 6.07) is 5.93. The number of nitrogens with one attached hydrogen (secondary N) is 1. The van der Waals surface area contributed by atoms with E-state index in [0.717, 1.165) is 35.5 Å². The van der Waals surface area contributed by atoms with Gasteiger partial charge < -0.3 is 5.32 Å². The Labute approximate surface area is 167 Å². The van der Waals surface area contributed by atoms with E-state index in [4.69, 9.17) is 28.3 Å². The van der Waals surface area contributed by atoms with Crippen LogP contribution in [0.1, 0.15) is 60.2 Å². The molecule has 1 atom stereocenters. The molecular weight excluding hydrogens is 389 g/mol. The summed E-state index contributed by atoms with van der Waals surface area (Å²) >= 11 is 14.2. The fourth-order valence-corrected chi connectivity index (χ4v) is 5.76. The van der Waals surface area contributed by atoms with Crippen molar-refractivity contribution in [1.82, 2.24) is 9.78 Å². The number of thioether (sulfide) groups is 1. The molecule has 2 aromatic rings. The van der Waals surface area contributed by atoms with E-state index in [1.807, 2.05) is 19.1 Å². The smallest absolute Gasteiger partial charge is 0.235 e. The van der Waals surface area contributed by atoms with Crippen LogP contribution in [0.5, 0.6) is 0 Å². The number of aryl methyl sites for hydroxylation is 1. The Balaban J connectivity index is 1.82. The van der Waals surface area contributed by atoms with Crippen LogP contribution in [0, 0.1) is 6.92 Å². The molecule has 1 aromatic heterocycles. The molecule has 1 saturated carbocycles. The molecule has 1 aliphatic carbocycles. The van der Waals surface area contributed by atoms with Crippen molar-refractivity contribution >= 4 is 46.7 Å². The summed E-state index contributed by atoms with van der Waals surface area (Å²) in [6.07, 6.45) is 5.94. The van der Waals surface area contributed by atoms with Crippen LogP contribution in [-0.4, -0.2) is 21.4 Å². The number of carbonyl (C=O) groups excluding carboxylic acids is 1. The van der Waals surface area contributed by atoms with Gasteiger partial charge in [-0.05, 0) is 37.5 Å². The zero-order valence-corrected chi connectivity index (χ0v) is 16.9. The first-order valence-corrected chi connectivity index (χ1v) is 10.8. The lowest BCUT2D eigenvalue weighted by atomic mass is 9.95. The summed E-state index contributed by atoms with van der Waals surface area (Å²) in [4.78, 5) is 12.4. The molecule has 0 bridgehead atoms. The van der Waals surface area contributed by atoms with Crippen LogP contribution < -0.4 is 5.32 Å². The maximum absolute atomic E-state index is 12.4. The van der Waals surface area contributed by atoms with Gasteiger partial charge in [-0.3, -0.25) is 4.79 Å². The third kappa shape index (κ3) is 3.37. The summed E-state index contributed by atoms with van der Waals surface area (Å²) in [7, 11) is 0. The Hall–Kier alpha value is -1.17. The fourth-order valence-electron chi connectivity index (χ4n) is 3.96. The largest absolute Gasteiger partial charge is 0.310 e. The van der Waals surface area contributed by atoms with Crippen molar-refractivity contribution in [2.75, 3.05) is 11.1 Å². The van der Waals surface area contributed by atoms with Crippen LogP contribution >= 0.6 is 35.0 Å². The van der Waals surface area contributed by atoms with Crippen molar-refractivity contribution < 1.29 is 4.79 Å². The van der Waals surface area contributed by atoms with Crippen molar-refractivity contribution in [1.29, 1.82) is 0 Å². The molecule has 1 unspecified atom stereocenters. The quantitative estimate of drug-likeness (QED) is 0.683. The lowest BCUT2D eigenvalue weighted by Gasteiger charge is -2.24. The van der Waals surface area contributed by atoms with Gasteiger partial charge in [0, 0.05) is 15.6 Å². The summed E-state index contributed by atoms with van der Waals surface area (Å²) in [5.74, 6) is 1.25. The van der Waals surface area contributed by atoms with Crippen molar-refractivity contribution in [2.45, 2.75) is 50.3 Å². The minimum atomic E-state index is -0.0361. The molecule has 1 amide bonds. The normalized spacial score (nSPS) is 21.2. The molecule has 1 aliphatic heterocycles. The average molecular weight is 410 g/mol. The number of anilines is 1. The molecule has 4 rings (SSSR count). The van der Waals surface area contributed by atoms with Gasteiger partial charge in [-0.15, -0.1) is 11.8 Å². The Morgan fingerprint density at radius 1 is 1.23 bits per heavy atom. The van der Waals surface area contributed by atoms with Crippen LogP contribution in [0.15, 0.2) is 18.2 Å². The number of amides is 1. The maximum atomic E-state index is 12.4. The number of hydrogen-bond acceptors (Lipinski definition) is 3. The van der Waals surface area contributed by atoms with Crippen molar-refractivity contribution in [3.8, 4) is 0 Å². The molecule has 26 heavy (non-hydrogen) atoms. The van der Waals surface area contributed by atoms with Gasteiger partial charge in [-0.1, -0.05) is 48.5 Å². The highest BCUT2D eigenvalue weighted by Gasteiger charge is 2.33. The molecule has 0 spiro atoms. The van der Waals surface area contributed by atoms with E-state index < -0.39 is 0 Å². The van der Waals surface area contributed by atoms with Gasteiger partial charge >= 0.3 is 0 Å². The predicted molar refractivity (Wildman–Crippen MR) is 108 cm³/mol. The van der Waals surface area contributed by atoms with Crippen LogP contribution in [0.3, 0.4) is 0 Å². The Kier molecular flexibility index (Phi) is 5.22. The molecule has 2 aliphatic rings. The van der Waals surface area contributed by atoms with Crippen molar-refractivity contribution in [3.63, 3.8) is 0 Å². The second-order valence-electron chi connectivity index (χ2n) is 6.99. The number of benzene rings is 1. The molecule has 7 heteroatoms. The van der Waals surface area contributed by atoms with Crippen LogP contribution in [0.4, 0.5) is 5.82 Å². The number of aromatic nitrogens is 2. The number of hydrogen-bond donors (Lipinski definition) is 1. The fraction of sp³-hybridized carbons (Fsp3) is 0.474. The minimum absolute atomic E-state index is 0.0146. The highest BCUT2D eigenvalue weighted by molar-refractivity contribution is 8.00. The molecule has 0 radical (unpaired) electrons. The molecule has 2 heterocycles. The van der Waals surface area contributed by atoms with Gasteiger partial charge in [0.05, 0.1) is 22.7 Å². The van der Waals surface area contributed by atoms with Gasteiger partial charge in [0.1, 0.15) is 5.82 Å². The zero-order valence-electron chi connectivity index (χ0n) is 14.6. The van der Waals surface area contributed by atoms with E-state index in [-0.39, 0.29) is 11.2 Å². The van der Waals surface area contributed by atoms with Gasteiger partial charge in [-0.2, -0.15) is 5.10 Å². The number of halogens is 2. The number of rotatable bonds is 2. The van der Waals surface area contributed by atoms with Gasteiger partial charge in [0.15, 0.2) is 0 Å². The first kappa shape index (κ1) is 18.2.